The molecule has 3 aromatic rings. The fourth-order valence-electron chi connectivity index (χ4n) is 2.53. The van der Waals surface area contributed by atoms with Gasteiger partial charge in [-0.05, 0) is 47.0 Å². The Morgan fingerprint density at radius 1 is 1.08 bits per heavy atom. The average Bonchev–Trinajstić information content (AvgIpc) is 2.65. The molecule has 0 radical (unpaired) electrons. The largest absolute Gasteiger partial charge is 0.481 e. The predicted molar refractivity (Wildman–Crippen MR) is 94.7 cm³/mol. The summed E-state index contributed by atoms with van der Waals surface area (Å²) in [5, 5.41) is 5.17. The summed E-state index contributed by atoms with van der Waals surface area (Å²) in [5.41, 5.74) is 1.01. The minimum atomic E-state index is -0.506. The van der Waals surface area contributed by atoms with Crippen LogP contribution < -0.4 is 10.1 Å². The smallest absolute Gasteiger partial charge is 0.261 e. The lowest BCUT2D eigenvalue weighted by molar-refractivity contribution is -0.128. The van der Waals surface area contributed by atoms with Crippen molar-refractivity contribution in [3.8, 4) is 5.75 Å². The van der Waals surface area contributed by atoms with Gasteiger partial charge in [0.25, 0.3) is 5.91 Å². The summed E-state index contributed by atoms with van der Waals surface area (Å²) in [7, 11) is 0. The summed E-state index contributed by atoms with van der Waals surface area (Å²) < 4.78 is 5.90. The highest BCUT2D eigenvalue weighted by Gasteiger charge is 2.18. The SMILES string of the molecule is CCC(Oc1ccc2ccccc2c1)C(=O)NCc1ccncc1. The number of nitrogens with zero attached hydrogens (tertiary/aromatic N) is 1. The van der Waals surface area contributed by atoms with Gasteiger partial charge in [-0.25, -0.2) is 0 Å². The Morgan fingerprint density at radius 2 is 1.83 bits per heavy atom. The van der Waals surface area contributed by atoms with Crippen LogP contribution in [0.15, 0.2) is 67.0 Å². The van der Waals surface area contributed by atoms with Crippen molar-refractivity contribution in [2.45, 2.75) is 26.0 Å². The molecule has 0 fully saturated rings. The maximum Gasteiger partial charge on any atom is 0.261 e. The van der Waals surface area contributed by atoms with E-state index in [1.807, 2.05) is 55.5 Å². The molecule has 24 heavy (non-hydrogen) atoms. The maximum atomic E-state index is 12.4. The zero-order chi connectivity index (χ0) is 16.8. The first-order chi connectivity index (χ1) is 11.8. The molecule has 4 nitrogen and oxygen atoms in total. The average molecular weight is 320 g/mol. The Bertz CT molecular complexity index is 818. The minimum Gasteiger partial charge on any atom is -0.481 e. The summed E-state index contributed by atoms with van der Waals surface area (Å²) in [6.07, 6.45) is 3.53. The van der Waals surface area contributed by atoms with Crippen LogP contribution in [0.3, 0.4) is 0 Å². The fraction of sp³-hybridized carbons (Fsp3) is 0.200. The third-order valence-electron chi connectivity index (χ3n) is 3.88. The van der Waals surface area contributed by atoms with Crippen LogP contribution in [0.2, 0.25) is 0 Å². The molecule has 0 saturated heterocycles. The minimum absolute atomic E-state index is 0.109. The zero-order valence-corrected chi connectivity index (χ0v) is 13.6. The number of hydrogen-bond acceptors (Lipinski definition) is 3. The third kappa shape index (κ3) is 3.90. The van der Waals surface area contributed by atoms with Crippen molar-refractivity contribution in [3.05, 3.63) is 72.6 Å². The van der Waals surface area contributed by atoms with E-state index in [0.29, 0.717) is 18.7 Å². The van der Waals surface area contributed by atoms with Crippen molar-refractivity contribution in [2.75, 3.05) is 0 Å². The van der Waals surface area contributed by atoms with Crippen LogP contribution in [0.4, 0.5) is 0 Å². The number of fused-ring (bicyclic) bond motifs is 1. The first-order valence-electron chi connectivity index (χ1n) is 8.08. The molecule has 1 atom stereocenters. The molecule has 122 valence electrons. The Balaban J connectivity index is 1.65. The number of carbonyl (C=O) groups excluding carboxylic acids is 1. The highest BCUT2D eigenvalue weighted by Crippen LogP contribution is 2.22. The number of aromatic nitrogens is 1. The first kappa shape index (κ1) is 16.0. The van der Waals surface area contributed by atoms with Gasteiger partial charge in [-0.1, -0.05) is 37.3 Å². The molecule has 0 aliphatic heterocycles. The molecule has 1 N–H and O–H groups in total. The molecule has 0 aliphatic rings. The third-order valence-corrected chi connectivity index (χ3v) is 3.88. The summed E-state index contributed by atoms with van der Waals surface area (Å²) in [6.45, 7) is 2.41. The van der Waals surface area contributed by atoms with E-state index in [4.69, 9.17) is 4.74 Å². The highest BCUT2D eigenvalue weighted by molar-refractivity contribution is 5.84. The molecular weight excluding hydrogens is 300 g/mol. The van der Waals surface area contributed by atoms with E-state index in [-0.39, 0.29) is 5.91 Å². The second-order valence-electron chi connectivity index (χ2n) is 5.60. The monoisotopic (exact) mass is 320 g/mol. The Hall–Kier alpha value is -2.88. The second kappa shape index (κ2) is 7.59. The topological polar surface area (TPSA) is 51.2 Å². The number of rotatable bonds is 6. The lowest BCUT2D eigenvalue weighted by Crippen LogP contribution is -2.37. The van der Waals surface area contributed by atoms with Crippen LogP contribution in [0, 0.1) is 0 Å². The van der Waals surface area contributed by atoms with Crippen molar-refractivity contribution in [3.63, 3.8) is 0 Å². The van der Waals surface area contributed by atoms with Gasteiger partial charge in [0.15, 0.2) is 6.10 Å². The van der Waals surface area contributed by atoms with Gasteiger partial charge in [0.05, 0.1) is 0 Å². The van der Waals surface area contributed by atoms with E-state index >= 15 is 0 Å². The molecule has 0 saturated carbocycles. The first-order valence-corrected chi connectivity index (χ1v) is 8.08. The molecule has 1 amide bonds. The van der Waals surface area contributed by atoms with Crippen molar-refractivity contribution < 1.29 is 9.53 Å². The molecule has 1 aromatic heterocycles. The quantitative estimate of drug-likeness (QED) is 0.753. The van der Waals surface area contributed by atoms with Crippen LogP contribution in [0.25, 0.3) is 10.8 Å². The Labute approximate surface area is 141 Å². The van der Waals surface area contributed by atoms with Crippen LogP contribution in [-0.2, 0) is 11.3 Å². The van der Waals surface area contributed by atoms with Crippen molar-refractivity contribution in [1.29, 1.82) is 0 Å². The van der Waals surface area contributed by atoms with E-state index in [1.165, 1.54) is 0 Å². The second-order valence-corrected chi connectivity index (χ2v) is 5.60. The molecule has 4 heteroatoms. The normalized spacial score (nSPS) is 11.9. The van der Waals surface area contributed by atoms with Gasteiger partial charge < -0.3 is 10.1 Å². The number of nitrogens with one attached hydrogen (secondary N) is 1. The number of ether oxygens (including phenoxy) is 1. The van der Waals surface area contributed by atoms with Gasteiger partial charge in [-0.3, -0.25) is 9.78 Å². The van der Waals surface area contributed by atoms with Crippen molar-refractivity contribution in [2.24, 2.45) is 0 Å². The number of benzene rings is 2. The number of hydrogen-bond donors (Lipinski definition) is 1. The van der Waals surface area contributed by atoms with Gasteiger partial charge >= 0.3 is 0 Å². The Kier molecular flexibility index (Phi) is 5.06. The fourth-order valence-corrected chi connectivity index (χ4v) is 2.53. The lowest BCUT2D eigenvalue weighted by Gasteiger charge is -2.17. The van der Waals surface area contributed by atoms with Gasteiger partial charge in [0.2, 0.25) is 0 Å². The molecule has 3 rings (SSSR count). The summed E-state index contributed by atoms with van der Waals surface area (Å²) in [5.74, 6) is 0.599. The van der Waals surface area contributed by atoms with Gasteiger partial charge in [-0.15, -0.1) is 0 Å². The van der Waals surface area contributed by atoms with E-state index in [0.717, 1.165) is 16.3 Å². The van der Waals surface area contributed by atoms with Crippen LogP contribution in [0.1, 0.15) is 18.9 Å². The number of pyridine rings is 1. The highest BCUT2D eigenvalue weighted by atomic mass is 16.5. The van der Waals surface area contributed by atoms with Crippen LogP contribution in [0.5, 0.6) is 5.75 Å². The summed E-state index contributed by atoms with van der Waals surface area (Å²) in [4.78, 5) is 16.3. The number of carbonyl (C=O) groups is 1. The molecular formula is C20H20N2O2. The number of amides is 1. The lowest BCUT2D eigenvalue weighted by atomic mass is 10.1. The van der Waals surface area contributed by atoms with Gasteiger partial charge in [0, 0.05) is 18.9 Å². The predicted octanol–water partition coefficient (Wildman–Crippen LogP) is 3.71. The molecule has 0 bridgehead atoms. The maximum absolute atomic E-state index is 12.4. The molecule has 2 aromatic carbocycles. The van der Waals surface area contributed by atoms with E-state index in [1.54, 1.807) is 12.4 Å². The van der Waals surface area contributed by atoms with Crippen LogP contribution >= 0.6 is 0 Å². The molecule has 1 unspecified atom stereocenters. The van der Waals surface area contributed by atoms with E-state index < -0.39 is 6.10 Å². The summed E-state index contributed by atoms with van der Waals surface area (Å²) in [6, 6.07) is 17.7. The zero-order valence-electron chi connectivity index (χ0n) is 13.6. The summed E-state index contributed by atoms with van der Waals surface area (Å²) >= 11 is 0. The van der Waals surface area contributed by atoms with Gasteiger partial charge in [0.1, 0.15) is 5.75 Å². The van der Waals surface area contributed by atoms with Crippen molar-refractivity contribution in [1.82, 2.24) is 10.3 Å². The molecule has 0 spiro atoms. The standard InChI is InChI=1S/C20H20N2O2/c1-2-19(20(23)22-14-15-9-11-21-12-10-15)24-18-8-7-16-5-3-4-6-17(16)13-18/h3-13,19H,2,14H2,1H3,(H,22,23). The van der Waals surface area contributed by atoms with Crippen molar-refractivity contribution >= 4 is 16.7 Å². The van der Waals surface area contributed by atoms with E-state index in [9.17, 15) is 4.79 Å². The molecule has 0 aliphatic carbocycles. The van der Waals surface area contributed by atoms with E-state index in [2.05, 4.69) is 16.4 Å². The van der Waals surface area contributed by atoms with Crippen LogP contribution in [-0.4, -0.2) is 17.0 Å². The Morgan fingerprint density at radius 3 is 2.58 bits per heavy atom. The van der Waals surface area contributed by atoms with Gasteiger partial charge in [-0.2, -0.15) is 0 Å². The molecule has 1 heterocycles.